The zero-order valence-corrected chi connectivity index (χ0v) is 9.98. The van der Waals surface area contributed by atoms with Gasteiger partial charge in [0.05, 0.1) is 6.10 Å². The topological polar surface area (TPSA) is 52.3 Å². The first-order valence-corrected chi connectivity index (χ1v) is 5.61. The molecule has 2 aromatic heterocycles. The fourth-order valence-corrected chi connectivity index (χ4v) is 1.68. The molecule has 0 N–H and O–H groups in total. The van der Waals surface area contributed by atoms with Crippen molar-refractivity contribution >= 4 is 17.4 Å². The van der Waals surface area contributed by atoms with Crippen LogP contribution in [0.1, 0.15) is 26.7 Å². The van der Waals surface area contributed by atoms with Gasteiger partial charge in [0.2, 0.25) is 5.88 Å². The van der Waals surface area contributed by atoms with Gasteiger partial charge in [-0.15, -0.1) is 0 Å². The third kappa shape index (κ3) is 2.24. The molecule has 0 aliphatic carbocycles. The molecular formula is C10H13ClN4O. The highest BCUT2D eigenvalue weighted by molar-refractivity contribution is 6.29. The van der Waals surface area contributed by atoms with E-state index in [0.29, 0.717) is 16.8 Å². The van der Waals surface area contributed by atoms with Crippen molar-refractivity contribution in [1.29, 1.82) is 0 Å². The minimum atomic E-state index is 0.121. The summed E-state index contributed by atoms with van der Waals surface area (Å²) in [5.74, 6) is 1.03. The Bertz CT molecular complexity index is 485. The zero-order chi connectivity index (χ0) is 11.5. The summed E-state index contributed by atoms with van der Waals surface area (Å²) in [7, 11) is 0. The molecule has 0 saturated carbocycles. The van der Waals surface area contributed by atoms with Gasteiger partial charge in [0.15, 0.2) is 0 Å². The van der Waals surface area contributed by atoms with Crippen molar-refractivity contribution in [2.75, 3.05) is 0 Å². The first kappa shape index (κ1) is 11.1. The lowest BCUT2D eigenvalue weighted by Crippen LogP contribution is -2.13. The lowest BCUT2D eigenvalue weighted by atomic mass is 10.2. The van der Waals surface area contributed by atoms with Gasteiger partial charge in [-0.2, -0.15) is 19.6 Å². The number of hydrogen-bond acceptors (Lipinski definition) is 4. The monoisotopic (exact) mass is 240 g/mol. The average Bonchev–Trinajstić information content (AvgIpc) is 2.65. The molecule has 0 aromatic carbocycles. The normalized spacial score (nSPS) is 12.9. The van der Waals surface area contributed by atoms with Gasteiger partial charge in [0.25, 0.3) is 5.78 Å². The molecule has 0 fully saturated rings. The van der Waals surface area contributed by atoms with Crippen molar-refractivity contribution < 1.29 is 4.74 Å². The largest absolute Gasteiger partial charge is 0.474 e. The summed E-state index contributed by atoms with van der Waals surface area (Å²) in [5, 5.41) is 4.39. The number of hydrogen-bond donors (Lipinski definition) is 0. The summed E-state index contributed by atoms with van der Waals surface area (Å²) in [4.78, 5) is 7.99. The van der Waals surface area contributed by atoms with Crippen molar-refractivity contribution in [2.24, 2.45) is 0 Å². The predicted molar refractivity (Wildman–Crippen MR) is 60.8 cm³/mol. The molecule has 2 aromatic rings. The maximum absolute atomic E-state index is 5.87. The Labute approximate surface area is 98.4 Å². The lowest BCUT2D eigenvalue weighted by Gasteiger charge is -2.13. The molecule has 1 unspecified atom stereocenters. The molecule has 0 spiro atoms. The molecule has 86 valence electrons. The molecule has 0 radical (unpaired) electrons. The number of halogens is 1. The van der Waals surface area contributed by atoms with Gasteiger partial charge in [0, 0.05) is 6.07 Å². The van der Waals surface area contributed by atoms with Crippen LogP contribution < -0.4 is 4.74 Å². The average molecular weight is 241 g/mol. The summed E-state index contributed by atoms with van der Waals surface area (Å²) in [6.07, 6.45) is 3.60. The lowest BCUT2D eigenvalue weighted by molar-refractivity contribution is 0.196. The van der Waals surface area contributed by atoms with Gasteiger partial charge in [-0.3, -0.25) is 0 Å². The number of nitrogens with zero attached hydrogens (tertiary/aromatic N) is 4. The quantitative estimate of drug-likeness (QED) is 0.770. The minimum absolute atomic E-state index is 0.121. The van der Waals surface area contributed by atoms with Crippen molar-refractivity contribution in [3.63, 3.8) is 0 Å². The van der Waals surface area contributed by atoms with Crippen LogP contribution in [0.25, 0.3) is 5.78 Å². The molecule has 0 aliphatic heterocycles. The molecule has 2 rings (SSSR count). The summed E-state index contributed by atoms with van der Waals surface area (Å²) in [5.41, 5.74) is 0. The number of fused-ring (bicyclic) bond motifs is 1. The van der Waals surface area contributed by atoms with E-state index in [-0.39, 0.29) is 6.10 Å². The van der Waals surface area contributed by atoms with E-state index < -0.39 is 0 Å². The van der Waals surface area contributed by atoms with Crippen LogP contribution in [0.5, 0.6) is 5.88 Å². The molecule has 0 bridgehead atoms. The van der Waals surface area contributed by atoms with Crippen molar-refractivity contribution in [1.82, 2.24) is 19.6 Å². The van der Waals surface area contributed by atoms with E-state index in [4.69, 9.17) is 16.3 Å². The Hall–Kier alpha value is -1.36. The first-order chi connectivity index (χ1) is 7.70. The van der Waals surface area contributed by atoms with Crippen molar-refractivity contribution in [2.45, 2.75) is 32.8 Å². The second-order valence-corrected chi connectivity index (χ2v) is 3.99. The van der Waals surface area contributed by atoms with Crippen LogP contribution in [0.15, 0.2) is 12.4 Å². The standard InChI is InChI=1S/C10H13ClN4O/c1-3-4-7(2)16-9-5-8(11)14-10-12-6-13-15(9)10/h5-7H,3-4H2,1-2H3. The Balaban J connectivity index is 2.31. The Morgan fingerprint density at radius 1 is 1.56 bits per heavy atom. The second-order valence-electron chi connectivity index (χ2n) is 3.61. The molecule has 2 heterocycles. The SMILES string of the molecule is CCCC(C)Oc1cc(Cl)nc2ncnn12. The van der Waals surface area contributed by atoms with E-state index in [1.807, 2.05) is 6.92 Å². The van der Waals surface area contributed by atoms with Crippen LogP contribution in [-0.2, 0) is 0 Å². The maximum atomic E-state index is 5.87. The highest BCUT2D eigenvalue weighted by atomic mass is 35.5. The first-order valence-electron chi connectivity index (χ1n) is 5.23. The van der Waals surface area contributed by atoms with Crippen LogP contribution in [0.3, 0.4) is 0 Å². The molecule has 0 saturated heterocycles. The summed E-state index contributed by atoms with van der Waals surface area (Å²) >= 11 is 5.87. The van der Waals surface area contributed by atoms with E-state index in [1.165, 1.54) is 10.8 Å². The second kappa shape index (κ2) is 4.65. The minimum Gasteiger partial charge on any atom is -0.474 e. The predicted octanol–water partition coefficient (Wildman–Crippen LogP) is 2.35. The van der Waals surface area contributed by atoms with Crippen LogP contribution >= 0.6 is 11.6 Å². The van der Waals surface area contributed by atoms with Crippen LogP contribution in [0.4, 0.5) is 0 Å². The molecular weight excluding hydrogens is 228 g/mol. The number of aromatic nitrogens is 4. The molecule has 5 nitrogen and oxygen atoms in total. The third-order valence-electron chi connectivity index (χ3n) is 2.21. The fraction of sp³-hybridized carbons (Fsp3) is 0.500. The zero-order valence-electron chi connectivity index (χ0n) is 9.22. The molecule has 1 atom stereocenters. The van der Waals surface area contributed by atoms with Crippen molar-refractivity contribution in [3.05, 3.63) is 17.5 Å². The van der Waals surface area contributed by atoms with Gasteiger partial charge in [0.1, 0.15) is 11.5 Å². The van der Waals surface area contributed by atoms with E-state index in [2.05, 4.69) is 22.0 Å². The molecule has 0 aliphatic rings. The third-order valence-corrected chi connectivity index (χ3v) is 2.40. The van der Waals surface area contributed by atoms with E-state index >= 15 is 0 Å². The molecule has 0 amide bonds. The smallest absolute Gasteiger partial charge is 0.256 e. The Morgan fingerprint density at radius 3 is 3.12 bits per heavy atom. The molecule has 16 heavy (non-hydrogen) atoms. The van der Waals surface area contributed by atoms with Gasteiger partial charge in [-0.1, -0.05) is 24.9 Å². The number of rotatable bonds is 4. The highest BCUT2D eigenvalue weighted by Gasteiger charge is 2.10. The van der Waals surface area contributed by atoms with Gasteiger partial charge >= 0.3 is 0 Å². The van der Waals surface area contributed by atoms with E-state index in [1.54, 1.807) is 6.07 Å². The summed E-state index contributed by atoms with van der Waals surface area (Å²) < 4.78 is 7.28. The summed E-state index contributed by atoms with van der Waals surface area (Å²) in [6.45, 7) is 4.13. The summed E-state index contributed by atoms with van der Waals surface area (Å²) in [6, 6.07) is 1.65. The van der Waals surface area contributed by atoms with Crippen LogP contribution in [0, 0.1) is 0 Å². The van der Waals surface area contributed by atoms with Gasteiger partial charge < -0.3 is 4.74 Å². The van der Waals surface area contributed by atoms with Gasteiger partial charge in [-0.25, -0.2) is 0 Å². The maximum Gasteiger partial charge on any atom is 0.256 e. The van der Waals surface area contributed by atoms with E-state index in [9.17, 15) is 0 Å². The molecule has 6 heteroatoms. The van der Waals surface area contributed by atoms with Gasteiger partial charge in [-0.05, 0) is 13.3 Å². The fourth-order valence-electron chi connectivity index (χ4n) is 1.51. The van der Waals surface area contributed by atoms with Crippen LogP contribution in [-0.4, -0.2) is 25.7 Å². The van der Waals surface area contributed by atoms with Crippen molar-refractivity contribution in [3.8, 4) is 5.88 Å². The van der Waals surface area contributed by atoms with E-state index in [0.717, 1.165) is 12.8 Å². The number of ether oxygens (including phenoxy) is 1. The van der Waals surface area contributed by atoms with Crippen LogP contribution in [0.2, 0.25) is 5.15 Å². The Kier molecular flexibility index (Phi) is 3.24. The highest BCUT2D eigenvalue weighted by Crippen LogP contribution is 2.18. The Morgan fingerprint density at radius 2 is 2.38 bits per heavy atom.